The molecule has 0 saturated heterocycles. The van der Waals surface area contributed by atoms with Crippen molar-refractivity contribution in [2.45, 2.75) is 75.7 Å². The van der Waals surface area contributed by atoms with Gasteiger partial charge in [0.25, 0.3) is 0 Å². The summed E-state index contributed by atoms with van der Waals surface area (Å²) >= 11 is 0. The van der Waals surface area contributed by atoms with Gasteiger partial charge in [-0.05, 0) is 32.7 Å². The number of carboxylic acid groups (broad SMARTS) is 1. The zero-order valence-electron chi connectivity index (χ0n) is 20.1. The number of nitrogens with zero attached hydrogens (tertiary/aromatic N) is 1. The van der Waals surface area contributed by atoms with Crippen molar-refractivity contribution in [3.8, 4) is 0 Å². The van der Waals surface area contributed by atoms with Crippen molar-refractivity contribution in [2.24, 2.45) is 17.2 Å². The van der Waals surface area contributed by atoms with Gasteiger partial charge in [-0.1, -0.05) is 6.42 Å². The Bertz CT molecular complexity index is 878. The molecule has 15 nitrogen and oxygen atoms in total. The summed E-state index contributed by atoms with van der Waals surface area (Å²) < 4.78 is 0. The lowest BCUT2D eigenvalue weighted by molar-refractivity contribution is -0.142. The minimum absolute atomic E-state index is 0.119. The number of aromatic amines is 1. The summed E-state index contributed by atoms with van der Waals surface area (Å²) in [6.07, 6.45) is 2.28. The molecule has 5 atom stereocenters. The monoisotopic (exact) mass is 512 g/mol. The van der Waals surface area contributed by atoms with Crippen LogP contribution in [-0.2, 0) is 30.4 Å². The van der Waals surface area contributed by atoms with E-state index in [0.29, 0.717) is 31.5 Å². The molecule has 0 saturated carbocycles. The van der Waals surface area contributed by atoms with Gasteiger partial charge in [-0.3, -0.25) is 19.2 Å². The van der Waals surface area contributed by atoms with Gasteiger partial charge in [0.1, 0.15) is 18.1 Å². The summed E-state index contributed by atoms with van der Waals surface area (Å²) in [5, 5.41) is 26.6. The third-order valence-corrected chi connectivity index (χ3v) is 5.27. The second-order valence-electron chi connectivity index (χ2n) is 8.36. The average Bonchev–Trinajstić information content (AvgIpc) is 3.32. The van der Waals surface area contributed by atoms with Crippen molar-refractivity contribution in [3.63, 3.8) is 0 Å². The van der Waals surface area contributed by atoms with Gasteiger partial charge in [-0.15, -0.1) is 0 Å². The Labute approximate surface area is 207 Å². The first kappa shape index (κ1) is 30.5. The molecular weight excluding hydrogens is 476 g/mol. The van der Waals surface area contributed by atoms with Crippen molar-refractivity contribution < 1.29 is 34.2 Å². The van der Waals surface area contributed by atoms with Crippen LogP contribution in [0.25, 0.3) is 0 Å². The molecule has 0 bridgehead atoms. The topological polar surface area (TPSA) is 269 Å². The first-order chi connectivity index (χ1) is 17.0. The van der Waals surface area contributed by atoms with E-state index in [0.717, 1.165) is 0 Å². The third-order valence-electron chi connectivity index (χ3n) is 5.27. The van der Waals surface area contributed by atoms with E-state index in [1.54, 1.807) is 0 Å². The Morgan fingerprint density at radius 3 is 2.22 bits per heavy atom. The molecule has 0 fully saturated rings. The number of nitrogens with two attached hydrogens (primary N) is 3. The lowest BCUT2D eigenvalue weighted by Gasteiger charge is -2.26. The van der Waals surface area contributed by atoms with Crippen molar-refractivity contribution >= 4 is 29.6 Å². The number of hydrogen-bond donors (Lipinski definition) is 9. The number of primary amides is 1. The molecule has 0 spiro atoms. The average molecular weight is 513 g/mol. The molecule has 202 valence electrons. The highest BCUT2D eigenvalue weighted by Gasteiger charge is 2.32. The Kier molecular flexibility index (Phi) is 13.1. The molecule has 0 aliphatic heterocycles. The van der Waals surface area contributed by atoms with Crippen LogP contribution in [0, 0.1) is 0 Å². The number of aliphatic hydroxyl groups is 1. The molecule has 36 heavy (non-hydrogen) atoms. The summed E-state index contributed by atoms with van der Waals surface area (Å²) in [6, 6.07) is -5.17. The van der Waals surface area contributed by atoms with E-state index in [1.165, 1.54) is 19.4 Å². The zero-order valence-corrected chi connectivity index (χ0v) is 20.1. The summed E-state index contributed by atoms with van der Waals surface area (Å²) in [6.45, 7) is 1.69. The maximum absolute atomic E-state index is 12.9. The Morgan fingerprint density at radius 2 is 1.69 bits per heavy atom. The van der Waals surface area contributed by atoms with Crippen LogP contribution in [0.2, 0.25) is 0 Å². The van der Waals surface area contributed by atoms with E-state index in [2.05, 4.69) is 25.9 Å². The number of nitrogens with one attached hydrogen (secondary N) is 4. The number of imidazole rings is 1. The summed E-state index contributed by atoms with van der Waals surface area (Å²) in [4.78, 5) is 67.5. The van der Waals surface area contributed by atoms with Crippen LogP contribution in [0.4, 0.5) is 0 Å². The van der Waals surface area contributed by atoms with Crippen LogP contribution in [0.3, 0.4) is 0 Å². The standard InChI is InChI=1S/C21H36N8O7/c1-11(30)17(29-18(32)13(23)4-2-3-7-22)20(34)27-14(5-6-16(24)31)19(33)28-15(21(35)36)8-12-9-25-10-26-12/h9-11,13-15,17,30H,2-8,22-23H2,1H3,(H2,24,31)(H,25,26)(H,27,34)(H,28,33)(H,29,32)(H,35,36). The second kappa shape index (κ2) is 15.4. The van der Waals surface area contributed by atoms with E-state index >= 15 is 0 Å². The molecule has 1 heterocycles. The van der Waals surface area contributed by atoms with Crippen LogP contribution >= 0.6 is 0 Å². The molecule has 0 aromatic carbocycles. The molecule has 4 amide bonds. The molecule has 1 rings (SSSR count). The maximum atomic E-state index is 12.9. The molecule has 15 heteroatoms. The summed E-state index contributed by atoms with van der Waals surface area (Å²) in [7, 11) is 0. The van der Waals surface area contributed by atoms with Gasteiger partial charge in [0.15, 0.2) is 0 Å². The molecule has 12 N–H and O–H groups in total. The lowest BCUT2D eigenvalue weighted by Crippen LogP contribution is -2.60. The van der Waals surface area contributed by atoms with Crippen molar-refractivity contribution in [2.75, 3.05) is 6.54 Å². The minimum atomic E-state index is -1.47. The van der Waals surface area contributed by atoms with Gasteiger partial charge < -0.3 is 48.3 Å². The van der Waals surface area contributed by atoms with Gasteiger partial charge in [0.05, 0.1) is 18.5 Å². The quantitative estimate of drug-likeness (QED) is 0.0933. The number of unbranched alkanes of at least 4 members (excludes halogenated alkanes) is 1. The second-order valence-corrected chi connectivity index (χ2v) is 8.36. The van der Waals surface area contributed by atoms with Gasteiger partial charge in [-0.2, -0.15) is 0 Å². The largest absolute Gasteiger partial charge is 0.480 e. The number of rotatable bonds is 17. The Morgan fingerprint density at radius 1 is 1.03 bits per heavy atom. The van der Waals surface area contributed by atoms with Crippen LogP contribution in [0.5, 0.6) is 0 Å². The number of carboxylic acids is 1. The number of carbonyl (C=O) groups is 5. The number of aliphatic carboxylic acids is 1. The van der Waals surface area contributed by atoms with Gasteiger partial charge in [0.2, 0.25) is 23.6 Å². The molecular formula is C21H36N8O7. The van der Waals surface area contributed by atoms with Crippen LogP contribution in [0.1, 0.15) is 44.7 Å². The summed E-state index contributed by atoms with van der Waals surface area (Å²) in [5.74, 6) is -4.60. The number of aliphatic hydroxyl groups excluding tert-OH is 1. The number of hydrogen-bond acceptors (Lipinski definition) is 9. The van der Waals surface area contributed by atoms with Crippen molar-refractivity contribution in [1.82, 2.24) is 25.9 Å². The number of H-pyrrole nitrogens is 1. The van der Waals surface area contributed by atoms with Gasteiger partial charge in [0, 0.05) is 24.7 Å². The van der Waals surface area contributed by atoms with Crippen molar-refractivity contribution in [3.05, 3.63) is 18.2 Å². The van der Waals surface area contributed by atoms with Gasteiger partial charge >= 0.3 is 5.97 Å². The van der Waals surface area contributed by atoms with E-state index < -0.39 is 59.9 Å². The maximum Gasteiger partial charge on any atom is 0.326 e. The fourth-order valence-electron chi connectivity index (χ4n) is 3.21. The smallest absolute Gasteiger partial charge is 0.326 e. The minimum Gasteiger partial charge on any atom is -0.480 e. The van der Waals surface area contributed by atoms with Crippen molar-refractivity contribution in [1.29, 1.82) is 0 Å². The lowest BCUT2D eigenvalue weighted by atomic mass is 10.1. The molecule has 0 aliphatic carbocycles. The predicted molar refractivity (Wildman–Crippen MR) is 127 cm³/mol. The van der Waals surface area contributed by atoms with Gasteiger partial charge in [-0.25, -0.2) is 9.78 Å². The first-order valence-electron chi connectivity index (χ1n) is 11.5. The Balaban J connectivity index is 2.93. The molecule has 1 aromatic rings. The van der Waals surface area contributed by atoms with E-state index in [-0.39, 0.29) is 19.3 Å². The zero-order chi connectivity index (χ0) is 27.3. The normalized spacial score (nSPS) is 15.1. The van der Waals surface area contributed by atoms with E-state index in [9.17, 15) is 34.2 Å². The fourth-order valence-corrected chi connectivity index (χ4v) is 3.21. The third kappa shape index (κ3) is 10.8. The molecule has 0 radical (unpaired) electrons. The molecule has 0 aliphatic rings. The highest BCUT2D eigenvalue weighted by Crippen LogP contribution is 2.05. The SMILES string of the molecule is CC(O)C(NC(=O)C(N)CCCCN)C(=O)NC(CCC(N)=O)C(=O)NC(Cc1cnc[nH]1)C(=O)O. The highest BCUT2D eigenvalue weighted by atomic mass is 16.4. The van der Waals surface area contributed by atoms with Crippen LogP contribution in [-0.4, -0.2) is 86.6 Å². The van der Waals surface area contributed by atoms with Crippen LogP contribution < -0.4 is 33.2 Å². The summed E-state index contributed by atoms with van der Waals surface area (Å²) in [5.41, 5.74) is 16.9. The van der Waals surface area contributed by atoms with E-state index in [4.69, 9.17) is 17.2 Å². The predicted octanol–water partition coefficient (Wildman–Crippen LogP) is -3.41. The van der Waals surface area contributed by atoms with E-state index in [1.807, 2.05) is 0 Å². The highest BCUT2D eigenvalue weighted by molar-refractivity contribution is 5.94. The van der Waals surface area contributed by atoms with Crippen LogP contribution in [0.15, 0.2) is 12.5 Å². The number of amides is 4. The molecule has 5 unspecified atom stereocenters. The first-order valence-corrected chi connectivity index (χ1v) is 11.5. The molecule has 1 aromatic heterocycles. The number of aromatic nitrogens is 2. The Hall–Kier alpha value is -3.56. The number of carbonyl (C=O) groups excluding carboxylic acids is 4. The fraction of sp³-hybridized carbons (Fsp3) is 0.619.